The number of unbranched alkanes of at least 4 members (excludes halogenated alkanes) is 1. The molecular weight excluding hydrogens is 352 g/mol. The van der Waals surface area contributed by atoms with Crippen molar-refractivity contribution >= 4 is 16.6 Å². The first kappa shape index (κ1) is 19.8. The van der Waals surface area contributed by atoms with Crippen molar-refractivity contribution in [2.45, 2.75) is 33.6 Å². The van der Waals surface area contributed by atoms with Crippen LogP contribution in [-0.2, 0) is 0 Å². The van der Waals surface area contributed by atoms with Crippen molar-refractivity contribution in [2.75, 3.05) is 26.1 Å². The molecule has 1 aromatic heterocycles. The van der Waals surface area contributed by atoms with Gasteiger partial charge >= 0.3 is 0 Å². The lowest BCUT2D eigenvalue weighted by atomic mass is 10.1. The Bertz CT molecular complexity index is 970. The lowest BCUT2D eigenvalue weighted by molar-refractivity contribution is 0.355. The quantitative estimate of drug-likeness (QED) is 0.495. The lowest BCUT2D eigenvalue weighted by Gasteiger charge is -2.17. The predicted molar refractivity (Wildman–Crippen MR) is 114 cm³/mol. The molecular formula is C23H28N2O3. The summed E-state index contributed by atoms with van der Waals surface area (Å²) in [4.78, 5) is 4.44. The summed E-state index contributed by atoms with van der Waals surface area (Å²) in [6.07, 6.45) is 4.08. The second-order valence-corrected chi connectivity index (χ2v) is 6.78. The fourth-order valence-electron chi connectivity index (χ4n) is 3.15. The predicted octanol–water partition coefficient (Wildman–Crippen LogP) is 5.87. The van der Waals surface area contributed by atoms with E-state index in [0.29, 0.717) is 11.5 Å². The van der Waals surface area contributed by atoms with Gasteiger partial charge in [0.05, 0.1) is 19.7 Å². The highest BCUT2D eigenvalue weighted by Crippen LogP contribution is 2.38. The van der Waals surface area contributed by atoms with Crippen molar-refractivity contribution in [3.63, 3.8) is 0 Å². The van der Waals surface area contributed by atoms with E-state index in [2.05, 4.69) is 37.1 Å². The summed E-state index contributed by atoms with van der Waals surface area (Å²) in [6.45, 7) is 7.38. The molecule has 0 bridgehead atoms. The standard InChI is InChI=1S/C23H28N2O3/c1-6-7-11-24-18-8-9-20(16(3)15(18)2)28-21-10-12-25-19-14-23(27-5)22(26-4)13-17(19)21/h8-10,12-14,24H,6-7,11H2,1-5H3. The van der Waals surface area contributed by atoms with Gasteiger partial charge in [0.2, 0.25) is 0 Å². The molecule has 0 radical (unpaired) electrons. The molecule has 0 fully saturated rings. The average molecular weight is 380 g/mol. The number of fused-ring (bicyclic) bond motifs is 1. The minimum atomic E-state index is 0.647. The highest BCUT2D eigenvalue weighted by molar-refractivity contribution is 5.88. The monoisotopic (exact) mass is 380 g/mol. The second kappa shape index (κ2) is 8.83. The average Bonchev–Trinajstić information content (AvgIpc) is 2.72. The van der Waals surface area contributed by atoms with E-state index < -0.39 is 0 Å². The maximum absolute atomic E-state index is 6.29. The van der Waals surface area contributed by atoms with Gasteiger partial charge in [0.15, 0.2) is 11.5 Å². The number of benzene rings is 2. The van der Waals surface area contributed by atoms with Crippen LogP contribution in [0.25, 0.3) is 10.9 Å². The van der Waals surface area contributed by atoms with Gasteiger partial charge in [0, 0.05) is 29.9 Å². The summed E-state index contributed by atoms with van der Waals surface area (Å²) < 4.78 is 17.1. The Labute approximate surface area is 166 Å². The molecule has 3 rings (SSSR count). The van der Waals surface area contributed by atoms with Gasteiger partial charge in [0.1, 0.15) is 11.5 Å². The Balaban J connectivity index is 1.95. The second-order valence-electron chi connectivity index (χ2n) is 6.78. The molecule has 0 aliphatic heterocycles. The highest BCUT2D eigenvalue weighted by Gasteiger charge is 2.13. The van der Waals surface area contributed by atoms with E-state index in [9.17, 15) is 0 Å². The number of hydrogen-bond acceptors (Lipinski definition) is 5. The number of hydrogen-bond donors (Lipinski definition) is 1. The summed E-state index contributed by atoms with van der Waals surface area (Å²) in [5.41, 5.74) is 4.27. The molecule has 1 heterocycles. The smallest absolute Gasteiger partial charge is 0.162 e. The van der Waals surface area contributed by atoms with Crippen molar-refractivity contribution < 1.29 is 14.2 Å². The van der Waals surface area contributed by atoms with Crippen LogP contribution in [0.1, 0.15) is 30.9 Å². The zero-order valence-corrected chi connectivity index (χ0v) is 17.3. The zero-order valence-electron chi connectivity index (χ0n) is 17.3. The molecule has 28 heavy (non-hydrogen) atoms. The molecule has 2 aromatic carbocycles. The van der Waals surface area contributed by atoms with E-state index in [0.717, 1.165) is 46.6 Å². The number of nitrogens with one attached hydrogen (secondary N) is 1. The third-order valence-electron chi connectivity index (χ3n) is 5.01. The van der Waals surface area contributed by atoms with Crippen LogP contribution < -0.4 is 19.5 Å². The Morgan fingerprint density at radius 3 is 2.36 bits per heavy atom. The van der Waals surface area contributed by atoms with E-state index in [1.807, 2.05) is 24.3 Å². The number of aromatic nitrogens is 1. The molecule has 5 nitrogen and oxygen atoms in total. The van der Waals surface area contributed by atoms with Gasteiger partial charge in [-0.3, -0.25) is 4.98 Å². The molecule has 0 unspecified atom stereocenters. The number of pyridine rings is 1. The number of anilines is 1. The van der Waals surface area contributed by atoms with Crippen LogP contribution in [0, 0.1) is 13.8 Å². The maximum atomic E-state index is 6.29. The molecule has 0 spiro atoms. The molecule has 1 N–H and O–H groups in total. The van der Waals surface area contributed by atoms with E-state index in [4.69, 9.17) is 14.2 Å². The van der Waals surface area contributed by atoms with Crippen molar-refractivity contribution in [1.29, 1.82) is 0 Å². The van der Waals surface area contributed by atoms with Crippen LogP contribution >= 0.6 is 0 Å². The molecule has 0 aliphatic carbocycles. The van der Waals surface area contributed by atoms with Gasteiger partial charge in [-0.05, 0) is 55.7 Å². The van der Waals surface area contributed by atoms with Crippen LogP contribution in [0.3, 0.4) is 0 Å². The number of ether oxygens (including phenoxy) is 3. The van der Waals surface area contributed by atoms with Crippen LogP contribution in [0.5, 0.6) is 23.0 Å². The summed E-state index contributed by atoms with van der Waals surface area (Å²) in [6, 6.07) is 9.74. The first-order valence-electron chi connectivity index (χ1n) is 9.61. The van der Waals surface area contributed by atoms with Crippen molar-refractivity contribution in [3.8, 4) is 23.0 Å². The molecule has 0 amide bonds. The first-order valence-corrected chi connectivity index (χ1v) is 9.61. The highest BCUT2D eigenvalue weighted by atomic mass is 16.5. The number of rotatable bonds is 8. The largest absolute Gasteiger partial charge is 0.493 e. The molecule has 148 valence electrons. The van der Waals surface area contributed by atoms with Gasteiger partial charge in [-0.15, -0.1) is 0 Å². The van der Waals surface area contributed by atoms with Gasteiger partial charge in [-0.25, -0.2) is 0 Å². The Hall–Kier alpha value is -2.95. The van der Waals surface area contributed by atoms with Gasteiger partial charge in [-0.1, -0.05) is 13.3 Å². The van der Waals surface area contributed by atoms with E-state index in [-0.39, 0.29) is 0 Å². The molecule has 0 atom stereocenters. The zero-order chi connectivity index (χ0) is 20.1. The topological polar surface area (TPSA) is 52.6 Å². The van der Waals surface area contributed by atoms with Crippen LogP contribution in [-0.4, -0.2) is 25.7 Å². The SMILES string of the molecule is CCCCNc1ccc(Oc2ccnc3cc(OC)c(OC)cc23)c(C)c1C. The van der Waals surface area contributed by atoms with Gasteiger partial charge in [-0.2, -0.15) is 0 Å². The van der Waals surface area contributed by atoms with Gasteiger partial charge < -0.3 is 19.5 Å². The summed E-state index contributed by atoms with van der Waals surface area (Å²) in [5.74, 6) is 2.87. The molecule has 3 aromatic rings. The maximum Gasteiger partial charge on any atom is 0.162 e. The molecule has 0 saturated carbocycles. The molecule has 0 aliphatic rings. The van der Waals surface area contributed by atoms with Crippen molar-refractivity contribution in [2.24, 2.45) is 0 Å². The summed E-state index contributed by atoms with van der Waals surface area (Å²) >= 11 is 0. The third-order valence-corrected chi connectivity index (χ3v) is 5.01. The Morgan fingerprint density at radius 2 is 1.64 bits per heavy atom. The van der Waals surface area contributed by atoms with Gasteiger partial charge in [0.25, 0.3) is 0 Å². The van der Waals surface area contributed by atoms with E-state index in [1.165, 1.54) is 12.0 Å². The normalized spacial score (nSPS) is 10.8. The molecule has 0 saturated heterocycles. The van der Waals surface area contributed by atoms with E-state index in [1.54, 1.807) is 20.4 Å². The summed E-state index contributed by atoms with van der Waals surface area (Å²) in [5, 5.41) is 4.38. The van der Waals surface area contributed by atoms with Crippen LogP contribution in [0.2, 0.25) is 0 Å². The fraction of sp³-hybridized carbons (Fsp3) is 0.348. The minimum Gasteiger partial charge on any atom is -0.493 e. The third kappa shape index (κ3) is 3.98. The molecule has 5 heteroatoms. The van der Waals surface area contributed by atoms with Crippen molar-refractivity contribution in [1.82, 2.24) is 4.98 Å². The minimum absolute atomic E-state index is 0.647. The van der Waals surface area contributed by atoms with Crippen molar-refractivity contribution in [3.05, 3.63) is 47.7 Å². The Morgan fingerprint density at radius 1 is 0.893 bits per heavy atom. The first-order chi connectivity index (χ1) is 13.6. The number of nitrogens with zero attached hydrogens (tertiary/aromatic N) is 1. The van der Waals surface area contributed by atoms with Crippen LogP contribution in [0.15, 0.2) is 36.5 Å². The summed E-state index contributed by atoms with van der Waals surface area (Å²) in [7, 11) is 3.24. The van der Waals surface area contributed by atoms with Crippen LogP contribution in [0.4, 0.5) is 5.69 Å². The Kier molecular flexibility index (Phi) is 6.24. The fourth-order valence-corrected chi connectivity index (χ4v) is 3.15. The lowest BCUT2D eigenvalue weighted by Crippen LogP contribution is -2.04. The number of methoxy groups -OCH3 is 2. The van der Waals surface area contributed by atoms with E-state index >= 15 is 0 Å².